The minimum atomic E-state index is -0.979. The summed E-state index contributed by atoms with van der Waals surface area (Å²) in [6.07, 6.45) is 1.88. The molecule has 0 aliphatic carbocycles. The maximum atomic E-state index is 12.0. The number of carbonyl (C=O) groups is 2. The third-order valence-corrected chi connectivity index (χ3v) is 3.48. The zero-order valence-corrected chi connectivity index (χ0v) is 12.1. The van der Waals surface area contributed by atoms with E-state index in [2.05, 4.69) is 5.32 Å². The number of carboxylic acids is 1. The third kappa shape index (κ3) is 4.38. The molecule has 19 heavy (non-hydrogen) atoms. The average molecular weight is 272 g/mol. The van der Waals surface area contributed by atoms with Gasteiger partial charge < -0.3 is 20.1 Å². The predicted molar refractivity (Wildman–Crippen MR) is 71.1 cm³/mol. The number of carboxylic acid groups (broad SMARTS) is 1. The van der Waals surface area contributed by atoms with Crippen LogP contribution in [0.2, 0.25) is 0 Å². The highest BCUT2D eigenvalue weighted by atomic mass is 16.5. The number of ether oxygens (including phenoxy) is 1. The van der Waals surface area contributed by atoms with Gasteiger partial charge in [-0.15, -0.1) is 0 Å². The standard InChI is InChI=1S/C13H24N2O4/c1-5-10(11(16)17)15(4)12(18)14-9-6-7-19-13(2,3)8-9/h9-10H,5-8H2,1-4H3,(H,14,18)(H,16,17). The lowest BCUT2D eigenvalue weighted by Crippen LogP contribution is -2.52. The maximum Gasteiger partial charge on any atom is 0.326 e. The Hall–Kier alpha value is -1.30. The smallest absolute Gasteiger partial charge is 0.326 e. The van der Waals surface area contributed by atoms with Crippen LogP contribution in [-0.2, 0) is 9.53 Å². The third-order valence-electron chi connectivity index (χ3n) is 3.48. The Balaban J connectivity index is 2.56. The second-order valence-electron chi connectivity index (χ2n) is 5.62. The molecule has 110 valence electrons. The van der Waals surface area contributed by atoms with Crippen molar-refractivity contribution in [2.24, 2.45) is 0 Å². The number of hydrogen-bond donors (Lipinski definition) is 2. The summed E-state index contributed by atoms with van der Waals surface area (Å²) >= 11 is 0. The lowest BCUT2D eigenvalue weighted by atomic mass is 9.94. The van der Waals surface area contributed by atoms with Crippen LogP contribution in [0.1, 0.15) is 40.0 Å². The topological polar surface area (TPSA) is 78.9 Å². The molecule has 0 aromatic rings. The van der Waals surface area contributed by atoms with Crippen LogP contribution < -0.4 is 5.32 Å². The van der Waals surface area contributed by atoms with E-state index >= 15 is 0 Å². The molecule has 0 radical (unpaired) electrons. The predicted octanol–water partition coefficient (Wildman–Crippen LogP) is 1.45. The molecule has 0 spiro atoms. The van der Waals surface area contributed by atoms with Gasteiger partial charge in [-0.05, 0) is 33.1 Å². The molecule has 2 N–H and O–H groups in total. The zero-order valence-electron chi connectivity index (χ0n) is 12.1. The zero-order chi connectivity index (χ0) is 14.6. The van der Waals surface area contributed by atoms with Crippen molar-refractivity contribution in [3.63, 3.8) is 0 Å². The summed E-state index contributed by atoms with van der Waals surface area (Å²) in [5.74, 6) is -0.979. The largest absolute Gasteiger partial charge is 0.480 e. The number of amides is 2. The van der Waals surface area contributed by atoms with Crippen LogP contribution in [0, 0.1) is 0 Å². The second kappa shape index (κ2) is 6.23. The molecule has 1 aliphatic heterocycles. The molecule has 0 saturated carbocycles. The fourth-order valence-electron chi connectivity index (χ4n) is 2.39. The van der Waals surface area contributed by atoms with Crippen molar-refractivity contribution in [2.45, 2.75) is 57.7 Å². The highest BCUT2D eigenvalue weighted by Gasteiger charge is 2.32. The maximum absolute atomic E-state index is 12.0. The minimum Gasteiger partial charge on any atom is -0.480 e. The van der Waals surface area contributed by atoms with E-state index in [1.165, 1.54) is 11.9 Å². The first-order chi connectivity index (χ1) is 8.76. The molecule has 1 saturated heterocycles. The molecule has 0 bridgehead atoms. The van der Waals surface area contributed by atoms with Crippen LogP contribution >= 0.6 is 0 Å². The van der Waals surface area contributed by atoms with Crippen LogP contribution in [0.4, 0.5) is 4.79 Å². The molecule has 0 aromatic carbocycles. The lowest BCUT2D eigenvalue weighted by Gasteiger charge is -2.36. The van der Waals surface area contributed by atoms with Crippen LogP contribution in [0.25, 0.3) is 0 Å². The van der Waals surface area contributed by atoms with Crippen LogP contribution in [0.15, 0.2) is 0 Å². The van der Waals surface area contributed by atoms with Crippen molar-refractivity contribution in [1.82, 2.24) is 10.2 Å². The van der Waals surface area contributed by atoms with E-state index in [0.717, 1.165) is 12.8 Å². The molecule has 2 unspecified atom stereocenters. The Kier molecular flexibility index (Phi) is 5.17. The molecule has 0 aromatic heterocycles. The van der Waals surface area contributed by atoms with Gasteiger partial charge in [0.25, 0.3) is 0 Å². The highest BCUT2D eigenvalue weighted by molar-refractivity contribution is 5.82. The molecule has 1 heterocycles. The van der Waals surface area contributed by atoms with E-state index in [-0.39, 0.29) is 17.7 Å². The molecule has 2 amide bonds. The van der Waals surface area contributed by atoms with E-state index in [0.29, 0.717) is 13.0 Å². The van der Waals surface area contributed by atoms with Crippen molar-refractivity contribution >= 4 is 12.0 Å². The fraction of sp³-hybridized carbons (Fsp3) is 0.846. The van der Waals surface area contributed by atoms with Gasteiger partial charge in [0.2, 0.25) is 0 Å². The van der Waals surface area contributed by atoms with Gasteiger partial charge in [0, 0.05) is 19.7 Å². The van der Waals surface area contributed by atoms with Gasteiger partial charge in [-0.1, -0.05) is 6.92 Å². The van der Waals surface area contributed by atoms with Gasteiger partial charge in [0.15, 0.2) is 0 Å². The van der Waals surface area contributed by atoms with E-state index in [9.17, 15) is 9.59 Å². The molecule has 1 aliphatic rings. The number of likely N-dealkylation sites (N-methyl/N-ethyl adjacent to an activating group) is 1. The number of rotatable bonds is 4. The summed E-state index contributed by atoms with van der Waals surface area (Å²) in [7, 11) is 1.52. The number of carbonyl (C=O) groups excluding carboxylic acids is 1. The van der Waals surface area contributed by atoms with Gasteiger partial charge in [-0.2, -0.15) is 0 Å². The van der Waals surface area contributed by atoms with E-state index in [4.69, 9.17) is 9.84 Å². The summed E-state index contributed by atoms with van der Waals surface area (Å²) in [6.45, 7) is 6.33. The summed E-state index contributed by atoms with van der Waals surface area (Å²) in [4.78, 5) is 24.3. The molecular weight excluding hydrogens is 248 g/mol. The summed E-state index contributed by atoms with van der Waals surface area (Å²) in [5.41, 5.74) is -0.244. The van der Waals surface area contributed by atoms with E-state index < -0.39 is 12.0 Å². The minimum absolute atomic E-state index is 0.0324. The number of nitrogens with one attached hydrogen (secondary N) is 1. The second-order valence-corrected chi connectivity index (χ2v) is 5.62. The molecule has 6 nitrogen and oxygen atoms in total. The summed E-state index contributed by atoms with van der Waals surface area (Å²) in [5, 5.41) is 11.9. The molecular formula is C13H24N2O4. The fourth-order valence-corrected chi connectivity index (χ4v) is 2.39. The van der Waals surface area contributed by atoms with Gasteiger partial charge in [-0.3, -0.25) is 0 Å². The first-order valence-electron chi connectivity index (χ1n) is 6.67. The Morgan fingerprint density at radius 2 is 2.16 bits per heavy atom. The van der Waals surface area contributed by atoms with E-state index in [1.807, 2.05) is 13.8 Å². The van der Waals surface area contributed by atoms with Gasteiger partial charge in [0.05, 0.1) is 5.60 Å². The molecule has 1 rings (SSSR count). The number of aliphatic carboxylic acids is 1. The SMILES string of the molecule is CCC(C(=O)O)N(C)C(=O)NC1CCOC(C)(C)C1. The van der Waals surface area contributed by atoms with Crippen molar-refractivity contribution < 1.29 is 19.4 Å². The molecule has 1 fully saturated rings. The monoisotopic (exact) mass is 272 g/mol. The first kappa shape index (κ1) is 15.8. The Bertz CT molecular complexity index is 344. The Labute approximate surface area is 114 Å². The number of urea groups is 1. The van der Waals surface area contributed by atoms with Crippen LogP contribution in [-0.4, -0.2) is 53.3 Å². The van der Waals surface area contributed by atoms with Gasteiger partial charge in [0.1, 0.15) is 6.04 Å². The van der Waals surface area contributed by atoms with Crippen molar-refractivity contribution in [3.05, 3.63) is 0 Å². The molecule has 6 heteroatoms. The Morgan fingerprint density at radius 1 is 1.53 bits per heavy atom. The van der Waals surface area contributed by atoms with Crippen molar-refractivity contribution in [3.8, 4) is 0 Å². The Morgan fingerprint density at radius 3 is 2.63 bits per heavy atom. The van der Waals surface area contributed by atoms with Gasteiger partial charge >= 0.3 is 12.0 Å². The normalized spacial score (nSPS) is 23.5. The number of hydrogen-bond acceptors (Lipinski definition) is 3. The van der Waals surface area contributed by atoms with Crippen LogP contribution in [0.5, 0.6) is 0 Å². The quantitative estimate of drug-likeness (QED) is 0.812. The van der Waals surface area contributed by atoms with Crippen molar-refractivity contribution in [1.29, 1.82) is 0 Å². The highest BCUT2D eigenvalue weighted by Crippen LogP contribution is 2.24. The van der Waals surface area contributed by atoms with Crippen LogP contribution in [0.3, 0.4) is 0 Å². The summed E-state index contributed by atoms with van der Waals surface area (Å²) < 4.78 is 5.59. The van der Waals surface area contributed by atoms with Crippen molar-refractivity contribution in [2.75, 3.05) is 13.7 Å². The van der Waals surface area contributed by atoms with Gasteiger partial charge in [-0.25, -0.2) is 9.59 Å². The molecule has 2 atom stereocenters. The average Bonchev–Trinajstić information content (AvgIpc) is 2.27. The lowest BCUT2D eigenvalue weighted by molar-refractivity contribution is -0.141. The summed E-state index contributed by atoms with van der Waals surface area (Å²) in [6, 6.07) is -1.09. The first-order valence-corrected chi connectivity index (χ1v) is 6.67. The van der Waals surface area contributed by atoms with E-state index in [1.54, 1.807) is 6.92 Å². The number of nitrogens with zero attached hydrogens (tertiary/aromatic N) is 1.